The van der Waals surface area contributed by atoms with Gasteiger partial charge in [0.05, 0.1) is 18.8 Å². The fourth-order valence-electron chi connectivity index (χ4n) is 2.16. The van der Waals surface area contributed by atoms with Gasteiger partial charge in [-0.3, -0.25) is 4.79 Å². The van der Waals surface area contributed by atoms with Gasteiger partial charge in [-0.25, -0.2) is 8.42 Å². The summed E-state index contributed by atoms with van der Waals surface area (Å²) in [7, 11) is -1.81. The van der Waals surface area contributed by atoms with Crippen molar-refractivity contribution in [3.63, 3.8) is 0 Å². The van der Waals surface area contributed by atoms with E-state index in [9.17, 15) is 13.2 Å². The van der Waals surface area contributed by atoms with E-state index >= 15 is 0 Å². The average molecular weight is 397 g/mol. The van der Waals surface area contributed by atoms with E-state index in [1.165, 1.54) is 23.5 Å². The van der Waals surface area contributed by atoms with Crippen LogP contribution in [0, 0.1) is 0 Å². The molecule has 1 N–H and O–H groups in total. The van der Waals surface area contributed by atoms with Gasteiger partial charge in [0, 0.05) is 18.1 Å². The van der Waals surface area contributed by atoms with E-state index in [1.54, 1.807) is 24.3 Å². The lowest BCUT2D eigenvalue weighted by Gasteiger charge is -2.12. The Morgan fingerprint density at radius 2 is 1.92 bits per heavy atom. The van der Waals surface area contributed by atoms with E-state index in [0.717, 1.165) is 11.8 Å². The number of hydrogen-bond acceptors (Lipinski definition) is 4. The molecular formula is C18H21ClN2O4S. The molecule has 0 saturated carbocycles. The average Bonchev–Trinajstić information content (AvgIpc) is 3.00. The van der Waals surface area contributed by atoms with Crippen molar-refractivity contribution < 1.29 is 17.6 Å². The van der Waals surface area contributed by atoms with Gasteiger partial charge < -0.3 is 9.73 Å². The molecule has 0 bridgehead atoms. The van der Waals surface area contributed by atoms with Crippen LogP contribution in [0.3, 0.4) is 0 Å². The third kappa shape index (κ3) is 6.01. The first-order chi connectivity index (χ1) is 12.1. The number of rotatable bonds is 7. The van der Waals surface area contributed by atoms with E-state index in [0.29, 0.717) is 16.5 Å². The van der Waals surface area contributed by atoms with Gasteiger partial charge in [0.15, 0.2) is 0 Å². The number of amides is 1. The van der Waals surface area contributed by atoms with Crippen LogP contribution >= 0.6 is 11.6 Å². The zero-order valence-corrected chi connectivity index (χ0v) is 16.3. The Balaban J connectivity index is 1.93. The highest BCUT2D eigenvalue weighted by Gasteiger charge is 2.13. The molecule has 0 aliphatic carbocycles. The van der Waals surface area contributed by atoms with Crippen LogP contribution in [0.15, 0.2) is 46.9 Å². The largest absolute Gasteiger partial charge is 0.460 e. The Morgan fingerprint density at radius 1 is 1.27 bits per heavy atom. The van der Waals surface area contributed by atoms with E-state index < -0.39 is 10.0 Å². The smallest absolute Gasteiger partial charge is 0.244 e. The highest BCUT2D eigenvalue weighted by atomic mass is 35.5. The summed E-state index contributed by atoms with van der Waals surface area (Å²) in [6, 6.07) is 10.4. The predicted octanol–water partition coefficient (Wildman–Crippen LogP) is 3.22. The first-order valence-corrected chi connectivity index (χ1v) is 10.1. The van der Waals surface area contributed by atoms with Crippen molar-refractivity contribution in [2.75, 3.05) is 13.3 Å². The van der Waals surface area contributed by atoms with Crippen LogP contribution in [0.25, 0.3) is 6.08 Å². The number of benzene rings is 1. The lowest BCUT2D eigenvalue weighted by atomic mass is 10.1. The molecule has 1 atom stereocenters. The highest BCUT2D eigenvalue weighted by molar-refractivity contribution is 7.88. The van der Waals surface area contributed by atoms with Crippen molar-refractivity contribution >= 4 is 33.6 Å². The number of hydrogen-bond donors (Lipinski definition) is 1. The highest BCUT2D eigenvalue weighted by Crippen LogP contribution is 2.16. The number of carbonyl (C=O) groups is 1. The summed E-state index contributed by atoms with van der Waals surface area (Å²) >= 11 is 5.85. The molecule has 0 radical (unpaired) electrons. The molecule has 1 aromatic carbocycles. The molecule has 8 heteroatoms. The Labute approximate surface area is 158 Å². The molecule has 0 fully saturated rings. The Morgan fingerprint density at radius 3 is 2.54 bits per heavy atom. The molecule has 0 aliphatic rings. The number of halogens is 1. The lowest BCUT2D eigenvalue weighted by molar-refractivity contribution is -0.117. The maximum atomic E-state index is 12.0. The molecule has 6 nitrogen and oxygen atoms in total. The molecule has 0 aliphatic heterocycles. The van der Waals surface area contributed by atoms with Crippen LogP contribution in [0.2, 0.25) is 5.02 Å². The molecule has 0 saturated heterocycles. The summed E-state index contributed by atoms with van der Waals surface area (Å²) in [4.78, 5) is 12.0. The van der Waals surface area contributed by atoms with Gasteiger partial charge in [-0.15, -0.1) is 0 Å². The number of furan rings is 1. The van der Waals surface area contributed by atoms with Gasteiger partial charge >= 0.3 is 0 Å². The fourth-order valence-corrected chi connectivity index (χ4v) is 2.65. The molecular weight excluding hydrogens is 376 g/mol. The van der Waals surface area contributed by atoms with Crippen LogP contribution in [0.1, 0.15) is 30.0 Å². The normalized spacial score (nSPS) is 13.3. The summed E-state index contributed by atoms with van der Waals surface area (Å²) in [6.45, 7) is 2.01. The minimum Gasteiger partial charge on any atom is -0.460 e. The molecule has 0 spiro atoms. The molecule has 1 amide bonds. The van der Waals surface area contributed by atoms with Gasteiger partial charge in [0.1, 0.15) is 11.5 Å². The Hall–Kier alpha value is -2.09. The fraction of sp³-hybridized carbons (Fsp3) is 0.278. The third-order valence-corrected chi connectivity index (χ3v) is 5.27. The van der Waals surface area contributed by atoms with Crippen LogP contribution < -0.4 is 5.32 Å². The number of nitrogens with zero attached hydrogens (tertiary/aromatic N) is 1. The second-order valence-electron chi connectivity index (χ2n) is 5.94. The molecule has 2 rings (SSSR count). The van der Waals surface area contributed by atoms with Gasteiger partial charge in [0.2, 0.25) is 15.9 Å². The van der Waals surface area contributed by atoms with Gasteiger partial charge in [-0.1, -0.05) is 23.7 Å². The van der Waals surface area contributed by atoms with Crippen molar-refractivity contribution in [1.29, 1.82) is 0 Å². The first-order valence-electron chi connectivity index (χ1n) is 7.89. The van der Waals surface area contributed by atoms with Gasteiger partial charge in [-0.2, -0.15) is 4.31 Å². The third-order valence-electron chi connectivity index (χ3n) is 3.75. The van der Waals surface area contributed by atoms with Crippen molar-refractivity contribution in [1.82, 2.24) is 9.62 Å². The van der Waals surface area contributed by atoms with Crippen molar-refractivity contribution in [2.24, 2.45) is 0 Å². The van der Waals surface area contributed by atoms with E-state index in [1.807, 2.05) is 19.1 Å². The monoisotopic (exact) mass is 396 g/mol. The minimum absolute atomic E-state index is 0.131. The number of nitrogens with one attached hydrogen (secondary N) is 1. The zero-order valence-electron chi connectivity index (χ0n) is 14.8. The molecule has 1 heterocycles. The summed E-state index contributed by atoms with van der Waals surface area (Å²) < 4.78 is 29.5. The molecule has 26 heavy (non-hydrogen) atoms. The van der Waals surface area contributed by atoms with Crippen LogP contribution in [-0.4, -0.2) is 31.9 Å². The predicted molar refractivity (Wildman–Crippen MR) is 102 cm³/mol. The second-order valence-corrected chi connectivity index (χ2v) is 8.46. The summed E-state index contributed by atoms with van der Waals surface area (Å²) in [5.74, 6) is 0.697. The van der Waals surface area contributed by atoms with E-state index in [2.05, 4.69) is 5.32 Å². The molecule has 1 aromatic heterocycles. The Bertz CT molecular complexity index is 888. The number of sulfonamides is 1. The second kappa shape index (κ2) is 8.53. The van der Waals surface area contributed by atoms with E-state index in [-0.39, 0.29) is 18.5 Å². The molecule has 2 aromatic rings. The maximum Gasteiger partial charge on any atom is 0.244 e. The minimum atomic E-state index is -3.28. The van der Waals surface area contributed by atoms with Crippen molar-refractivity contribution in [3.05, 3.63) is 64.6 Å². The first kappa shape index (κ1) is 20.2. The Kier molecular flexibility index (Phi) is 6.63. The van der Waals surface area contributed by atoms with Crippen molar-refractivity contribution in [2.45, 2.75) is 19.5 Å². The maximum absolute atomic E-state index is 12.0. The summed E-state index contributed by atoms with van der Waals surface area (Å²) in [5.41, 5.74) is 0.945. The van der Waals surface area contributed by atoms with Gasteiger partial charge in [-0.05, 0) is 42.8 Å². The van der Waals surface area contributed by atoms with Gasteiger partial charge in [0.25, 0.3) is 0 Å². The number of carbonyl (C=O) groups excluding carboxylic acids is 1. The lowest BCUT2D eigenvalue weighted by Crippen LogP contribution is -2.24. The molecule has 0 unspecified atom stereocenters. The quantitative estimate of drug-likeness (QED) is 0.729. The summed E-state index contributed by atoms with van der Waals surface area (Å²) in [5, 5.41) is 3.49. The van der Waals surface area contributed by atoms with Crippen LogP contribution in [0.5, 0.6) is 0 Å². The standard InChI is InChI=1S/C18H21ClN2O4S/c1-13(14-4-6-15(19)7-5-14)20-18(22)11-10-16-8-9-17(25-16)12-21(2)26(3,23)24/h4-11,13H,12H2,1-3H3,(H,20,22)/b11-10+/t13-/m1/s1. The topological polar surface area (TPSA) is 79.6 Å². The summed E-state index contributed by atoms with van der Waals surface area (Å²) in [6.07, 6.45) is 4.03. The zero-order chi connectivity index (χ0) is 19.3. The van der Waals surface area contributed by atoms with Crippen LogP contribution in [0.4, 0.5) is 0 Å². The SMILES string of the molecule is C[C@@H](NC(=O)/C=C/c1ccc(CN(C)S(C)(=O)=O)o1)c1ccc(Cl)cc1. The van der Waals surface area contributed by atoms with E-state index in [4.69, 9.17) is 16.0 Å². The molecule has 140 valence electrons. The van der Waals surface area contributed by atoms with Crippen molar-refractivity contribution in [3.8, 4) is 0 Å². The van der Waals surface area contributed by atoms with Crippen LogP contribution in [-0.2, 0) is 21.4 Å².